The lowest BCUT2D eigenvalue weighted by molar-refractivity contribution is -0.928. The van der Waals surface area contributed by atoms with Crippen LogP contribution < -0.4 is 0 Å². The lowest BCUT2D eigenvalue weighted by atomic mass is 9.84. The molecule has 1 unspecified atom stereocenters. The second-order valence-corrected chi connectivity index (χ2v) is 8.96. The van der Waals surface area contributed by atoms with Gasteiger partial charge in [-0.25, -0.2) is 4.79 Å². The molecule has 28 heavy (non-hydrogen) atoms. The molecule has 3 fully saturated rings. The van der Waals surface area contributed by atoms with Crippen LogP contribution in [0.3, 0.4) is 0 Å². The largest absolute Gasteiger partial charge is 0.440 e. The highest BCUT2D eigenvalue weighted by Crippen LogP contribution is 2.38. The van der Waals surface area contributed by atoms with E-state index >= 15 is 0 Å². The van der Waals surface area contributed by atoms with Gasteiger partial charge in [0.2, 0.25) is 0 Å². The first-order valence-electron chi connectivity index (χ1n) is 10.6. The van der Waals surface area contributed by atoms with Crippen molar-refractivity contribution in [2.75, 3.05) is 33.2 Å². The number of fused-ring (bicyclic) bond motifs is 4. The van der Waals surface area contributed by atoms with E-state index in [9.17, 15) is 4.79 Å². The number of carbonyl (C=O) groups excluding carboxylic acids is 1. The van der Waals surface area contributed by atoms with E-state index in [1.165, 1.54) is 37.1 Å². The number of benzene rings is 2. The fourth-order valence-corrected chi connectivity index (χ4v) is 5.44. The SMILES string of the molecule is C[N+]12CCC(CC1)C(OC(=O)N1CCc3ccccc3[C@H]1c1ccccc1)C2. The highest BCUT2D eigenvalue weighted by atomic mass is 16.6. The molecule has 6 rings (SSSR count). The van der Waals surface area contributed by atoms with Gasteiger partial charge in [0, 0.05) is 25.3 Å². The Hall–Kier alpha value is -2.33. The lowest BCUT2D eigenvalue weighted by Crippen LogP contribution is -2.62. The number of likely N-dealkylation sites (N-methyl/N-ethyl adjacent to an activating group) is 1. The predicted molar refractivity (Wildman–Crippen MR) is 109 cm³/mol. The number of nitrogens with zero attached hydrogens (tertiary/aromatic N) is 2. The maximum absolute atomic E-state index is 13.3. The lowest BCUT2D eigenvalue weighted by Gasteiger charge is -2.50. The van der Waals surface area contributed by atoms with Gasteiger partial charge in [0.15, 0.2) is 6.10 Å². The van der Waals surface area contributed by atoms with Gasteiger partial charge in [0.1, 0.15) is 6.54 Å². The minimum absolute atomic E-state index is 0.0635. The molecule has 3 saturated heterocycles. The number of hydrogen-bond acceptors (Lipinski definition) is 2. The Morgan fingerprint density at radius 3 is 2.50 bits per heavy atom. The molecule has 2 aromatic rings. The van der Waals surface area contributed by atoms with Gasteiger partial charge in [-0.3, -0.25) is 4.90 Å². The number of piperidine rings is 3. The highest BCUT2D eigenvalue weighted by Gasteiger charge is 2.46. The second kappa shape index (κ2) is 6.93. The van der Waals surface area contributed by atoms with Crippen molar-refractivity contribution in [3.8, 4) is 0 Å². The number of quaternary nitrogens is 1. The molecule has 0 aliphatic carbocycles. The molecule has 4 heteroatoms. The first kappa shape index (κ1) is 17.7. The first-order valence-corrected chi connectivity index (χ1v) is 10.6. The van der Waals surface area contributed by atoms with E-state index in [1.807, 2.05) is 11.0 Å². The topological polar surface area (TPSA) is 29.5 Å². The molecule has 0 aromatic heterocycles. The fourth-order valence-electron chi connectivity index (χ4n) is 5.44. The Morgan fingerprint density at radius 1 is 1.04 bits per heavy atom. The van der Waals surface area contributed by atoms with Crippen LogP contribution in [-0.2, 0) is 11.2 Å². The molecule has 4 heterocycles. The van der Waals surface area contributed by atoms with Crippen LogP contribution in [0.1, 0.15) is 35.6 Å². The van der Waals surface area contributed by atoms with Gasteiger partial charge in [0.05, 0.1) is 26.2 Å². The molecule has 0 spiro atoms. The summed E-state index contributed by atoms with van der Waals surface area (Å²) in [5.41, 5.74) is 3.71. The molecular weight excluding hydrogens is 348 g/mol. The Balaban J connectivity index is 1.42. The number of carbonyl (C=O) groups is 1. The second-order valence-electron chi connectivity index (χ2n) is 8.96. The van der Waals surface area contributed by atoms with Gasteiger partial charge in [-0.2, -0.15) is 0 Å². The van der Waals surface area contributed by atoms with Crippen LogP contribution in [0.2, 0.25) is 0 Å². The summed E-state index contributed by atoms with van der Waals surface area (Å²) in [6, 6.07) is 18.8. The van der Waals surface area contributed by atoms with Crippen molar-refractivity contribution in [2.45, 2.75) is 31.4 Å². The van der Waals surface area contributed by atoms with E-state index in [-0.39, 0.29) is 18.2 Å². The summed E-state index contributed by atoms with van der Waals surface area (Å²) >= 11 is 0. The summed E-state index contributed by atoms with van der Waals surface area (Å²) in [6.45, 7) is 4.13. The van der Waals surface area contributed by atoms with Crippen LogP contribution in [0.25, 0.3) is 0 Å². The molecule has 0 radical (unpaired) electrons. The number of amides is 1. The average molecular weight is 378 g/mol. The zero-order chi connectivity index (χ0) is 19.1. The van der Waals surface area contributed by atoms with E-state index < -0.39 is 0 Å². The van der Waals surface area contributed by atoms with E-state index in [2.05, 4.69) is 55.6 Å². The molecule has 1 amide bonds. The number of rotatable bonds is 2. The Bertz CT molecular complexity index is 858. The third kappa shape index (κ3) is 3.10. The average Bonchev–Trinajstić information content (AvgIpc) is 2.73. The van der Waals surface area contributed by atoms with Gasteiger partial charge in [0.25, 0.3) is 0 Å². The predicted octanol–water partition coefficient (Wildman–Crippen LogP) is 4.01. The summed E-state index contributed by atoms with van der Waals surface area (Å²) in [5.74, 6) is 0.538. The first-order chi connectivity index (χ1) is 13.6. The molecule has 4 aliphatic rings. The van der Waals surface area contributed by atoms with Crippen LogP contribution in [0.4, 0.5) is 4.79 Å². The quantitative estimate of drug-likeness (QED) is 0.740. The van der Waals surface area contributed by atoms with Gasteiger partial charge in [-0.15, -0.1) is 0 Å². The van der Waals surface area contributed by atoms with Crippen LogP contribution in [0.5, 0.6) is 0 Å². The summed E-state index contributed by atoms with van der Waals surface area (Å²) < 4.78 is 7.22. The third-order valence-electron chi connectivity index (χ3n) is 7.11. The van der Waals surface area contributed by atoms with Crippen molar-refractivity contribution < 1.29 is 14.0 Å². The summed E-state index contributed by atoms with van der Waals surface area (Å²) in [4.78, 5) is 15.3. The fraction of sp³-hybridized carbons (Fsp3) is 0.458. The molecule has 4 aliphatic heterocycles. The maximum atomic E-state index is 13.3. The number of ether oxygens (including phenoxy) is 1. The van der Waals surface area contributed by atoms with E-state index in [4.69, 9.17) is 4.74 Å². The summed E-state index contributed by atoms with van der Waals surface area (Å²) in [7, 11) is 2.31. The van der Waals surface area contributed by atoms with Crippen molar-refractivity contribution in [3.63, 3.8) is 0 Å². The van der Waals surface area contributed by atoms with Crippen molar-refractivity contribution in [1.29, 1.82) is 0 Å². The van der Waals surface area contributed by atoms with Crippen molar-refractivity contribution in [3.05, 3.63) is 71.3 Å². The van der Waals surface area contributed by atoms with E-state index in [1.54, 1.807) is 0 Å². The molecule has 0 saturated carbocycles. The van der Waals surface area contributed by atoms with Crippen LogP contribution >= 0.6 is 0 Å². The molecule has 146 valence electrons. The van der Waals surface area contributed by atoms with Crippen molar-refractivity contribution in [2.24, 2.45) is 5.92 Å². The molecule has 2 aromatic carbocycles. The third-order valence-corrected chi connectivity index (χ3v) is 7.11. The van der Waals surface area contributed by atoms with Crippen LogP contribution in [0.15, 0.2) is 54.6 Å². The Morgan fingerprint density at radius 2 is 1.75 bits per heavy atom. The Kier molecular flexibility index (Phi) is 4.39. The van der Waals surface area contributed by atoms with Gasteiger partial charge >= 0.3 is 6.09 Å². The van der Waals surface area contributed by atoms with E-state index in [0.717, 1.165) is 23.0 Å². The highest BCUT2D eigenvalue weighted by molar-refractivity contribution is 5.70. The standard InChI is InChI=1S/C24H29N2O2/c1-26-15-12-19(13-16-26)22(17-26)28-24(27)25-14-11-18-7-5-6-10-21(18)23(25)20-8-3-2-4-9-20/h2-10,19,22-23H,11-17H2,1H3/q+1/t19?,22?,23-,26?/m1/s1. The number of hydrogen-bond donors (Lipinski definition) is 0. The van der Waals surface area contributed by atoms with Crippen LogP contribution in [-0.4, -0.2) is 54.8 Å². The van der Waals surface area contributed by atoms with Crippen molar-refractivity contribution >= 4 is 6.09 Å². The van der Waals surface area contributed by atoms with Crippen LogP contribution in [0, 0.1) is 5.92 Å². The minimum atomic E-state index is -0.145. The zero-order valence-corrected chi connectivity index (χ0v) is 16.6. The molecule has 2 atom stereocenters. The minimum Gasteiger partial charge on any atom is -0.440 e. The van der Waals surface area contributed by atoms with Gasteiger partial charge in [-0.05, 0) is 23.1 Å². The normalized spacial score (nSPS) is 31.3. The molecule has 4 nitrogen and oxygen atoms in total. The smallest absolute Gasteiger partial charge is 0.411 e. The molecular formula is C24H29N2O2+. The molecule has 0 N–H and O–H groups in total. The summed E-state index contributed by atoms with van der Waals surface area (Å²) in [5, 5.41) is 0. The monoisotopic (exact) mass is 377 g/mol. The van der Waals surface area contributed by atoms with Gasteiger partial charge < -0.3 is 9.22 Å². The maximum Gasteiger partial charge on any atom is 0.411 e. The Labute approximate surface area is 167 Å². The summed E-state index contributed by atoms with van der Waals surface area (Å²) in [6.07, 6.45) is 3.16. The molecule has 2 bridgehead atoms. The van der Waals surface area contributed by atoms with Gasteiger partial charge in [-0.1, -0.05) is 54.6 Å². The van der Waals surface area contributed by atoms with E-state index in [0.29, 0.717) is 12.5 Å². The zero-order valence-electron chi connectivity index (χ0n) is 16.6. The van der Waals surface area contributed by atoms with Crippen molar-refractivity contribution in [1.82, 2.24) is 4.90 Å².